The van der Waals surface area contributed by atoms with Crippen LogP contribution in [-0.2, 0) is 11.3 Å². The monoisotopic (exact) mass is 318 g/mol. The number of amides is 1. The maximum absolute atomic E-state index is 12.5. The molecule has 23 heavy (non-hydrogen) atoms. The summed E-state index contributed by atoms with van der Waals surface area (Å²) < 4.78 is 2.28. The van der Waals surface area contributed by atoms with Gasteiger partial charge in [0.25, 0.3) is 0 Å². The highest BCUT2D eigenvalue weighted by atomic mass is 16.3. The molecule has 0 unspecified atom stereocenters. The fraction of sp³-hybridized carbons (Fsp3) is 0.737. The number of likely N-dealkylation sites (tertiary alicyclic amines) is 1. The summed E-state index contributed by atoms with van der Waals surface area (Å²) in [5.74, 6) is 0.558. The fourth-order valence-electron chi connectivity index (χ4n) is 4.40. The van der Waals surface area contributed by atoms with E-state index in [4.69, 9.17) is 0 Å². The molecule has 0 spiro atoms. The van der Waals surface area contributed by atoms with Crippen LogP contribution in [0.3, 0.4) is 0 Å². The normalized spacial score (nSPS) is 27.8. The molecule has 1 saturated heterocycles. The summed E-state index contributed by atoms with van der Waals surface area (Å²) in [6, 6.07) is 4.26. The van der Waals surface area contributed by atoms with Gasteiger partial charge < -0.3 is 14.6 Å². The van der Waals surface area contributed by atoms with Gasteiger partial charge in [0.1, 0.15) is 0 Å². The zero-order valence-corrected chi connectivity index (χ0v) is 14.6. The fourth-order valence-corrected chi connectivity index (χ4v) is 4.40. The molecular weight excluding hydrogens is 288 g/mol. The number of nitrogens with zero attached hydrogens (tertiary/aromatic N) is 2. The van der Waals surface area contributed by atoms with E-state index >= 15 is 0 Å². The van der Waals surface area contributed by atoms with Gasteiger partial charge in [0.15, 0.2) is 0 Å². The van der Waals surface area contributed by atoms with Crippen LogP contribution in [0, 0.1) is 19.8 Å². The molecule has 0 radical (unpaired) electrons. The lowest BCUT2D eigenvalue weighted by molar-refractivity contribution is -0.143. The Bertz CT molecular complexity index is 546. The number of aromatic nitrogens is 1. The van der Waals surface area contributed by atoms with Crippen molar-refractivity contribution in [2.24, 2.45) is 5.92 Å². The van der Waals surface area contributed by atoms with Crippen LogP contribution in [0.25, 0.3) is 0 Å². The quantitative estimate of drug-likeness (QED) is 0.927. The van der Waals surface area contributed by atoms with Crippen LogP contribution >= 0.6 is 0 Å². The Morgan fingerprint density at radius 3 is 2.74 bits per heavy atom. The summed E-state index contributed by atoms with van der Waals surface area (Å²) in [4.78, 5) is 14.5. The van der Waals surface area contributed by atoms with Crippen molar-refractivity contribution in [1.82, 2.24) is 9.47 Å². The molecule has 1 saturated carbocycles. The van der Waals surface area contributed by atoms with Gasteiger partial charge in [-0.3, -0.25) is 4.79 Å². The van der Waals surface area contributed by atoms with Crippen LogP contribution in [0.5, 0.6) is 0 Å². The van der Waals surface area contributed by atoms with E-state index in [2.05, 4.69) is 30.5 Å². The van der Waals surface area contributed by atoms with E-state index in [-0.39, 0.29) is 5.91 Å². The maximum atomic E-state index is 12.5. The second-order valence-electron chi connectivity index (χ2n) is 7.51. The molecule has 2 aliphatic rings. The molecular formula is C19H30N2O2. The number of hydrogen-bond acceptors (Lipinski definition) is 2. The Morgan fingerprint density at radius 1 is 1.26 bits per heavy atom. The summed E-state index contributed by atoms with van der Waals surface area (Å²) in [6.07, 6.45) is 6.59. The van der Waals surface area contributed by atoms with Crippen LogP contribution in [-0.4, -0.2) is 39.2 Å². The van der Waals surface area contributed by atoms with E-state index in [1.165, 1.54) is 17.8 Å². The van der Waals surface area contributed by atoms with Gasteiger partial charge in [0.05, 0.1) is 5.60 Å². The van der Waals surface area contributed by atoms with E-state index in [1.807, 2.05) is 4.90 Å². The molecule has 3 rings (SSSR count). The van der Waals surface area contributed by atoms with Gasteiger partial charge >= 0.3 is 0 Å². The SMILES string of the molecule is Cc1ccc(C)n1CCCC(=O)N1CC[C@]2(O)CCCC[C@H]2C1. The van der Waals surface area contributed by atoms with Gasteiger partial charge in [-0.15, -0.1) is 0 Å². The first-order chi connectivity index (χ1) is 11.0. The van der Waals surface area contributed by atoms with E-state index in [9.17, 15) is 9.90 Å². The van der Waals surface area contributed by atoms with Crippen molar-refractivity contribution in [3.63, 3.8) is 0 Å². The van der Waals surface area contributed by atoms with Gasteiger partial charge in [0.2, 0.25) is 5.91 Å². The van der Waals surface area contributed by atoms with Gasteiger partial charge in [-0.25, -0.2) is 0 Å². The second-order valence-corrected chi connectivity index (χ2v) is 7.51. The molecule has 2 atom stereocenters. The Hall–Kier alpha value is -1.29. The van der Waals surface area contributed by atoms with Gasteiger partial charge in [0, 0.05) is 43.4 Å². The zero-order valence-electron chi connectivity index (χ0n) is 14.6. The molecule has 128 valence electrons. The highest BCUT2D eigenvalue weighted by Gasteiger charge is 2.43. The standard InChI is InChI=1S/C19H30N2O2/c1-15-8-9-16(2)21(15)12-5-7-18(22)20-13-11-19(23)10-4-3-6-17(19)14-20/h8-9,17,23H,3-7,10-14H2,1-2H3/t17-,19+/m0/s1. The average Bonchev–Trinajstić information content (AvgIpc) is 2.85. The highest BCUT2D eigenvalue weighted by Crippen LogP contribution is 2.39. The molecule has 1 aliphatic heterocycles. The molecule has 0 aromatic carbocycles. The van der Waals surface area contributed by atoms with Crippen LogP contribution < -0.4 is 0 Å². The summed E-state index contributed by atoms with van der Waals surface area (Å²) in [5.41, 5.74) is 2.04. The van der Waals surface area contributed by atoms with Gasteiger partial charge in [-0.2, -0.15) is 0 Å². The molecule has 1 aliphatic carbocycles. The van der Waals surface area contributed by atoms with Crippen LogP contribution in [0.4, 0.5) is 0 Å². The predicted octanol–water partition coefficient (Wildman–Crippen LogP) is 3.04. The molecule has 4 heteroatoms. The summed E-state index contributed by atoms with van der Waals surface area (Å²) in [7, 11) is 0. The van der Waals surface area contributed by atoms with Crippen molar-refractivity contribution in [2.45, 2.75) is 70.9 Å². The third-order valence-corrected chi connectivity index (χ3v) is 5.97. The lowest BCUT2D eigenvalue weighted by Gasteiger charge is -2.47. The Labute approximate surface area is 139 Å². The largest absolute Gasteiger partial charge is 0.389 e. The number of aliphatic hydroxyl groups is 1. The number of piperidine rings is 1. The van der Waals surface area contributed by atoms with Crippen LogP contribution in [0.1, 0.15) is 56.3 Å². The minimum absolute atomic E-state index is 0.264. The molecule has 0 bridgehead atoms. The van der Waals surface area contributed by atoms with Crippen molar-refractivity contribution < 1.29 is 9.90 Å². The average molecular weight is 318 g/mol. The first kappa shape index (κ1) is 16.6. The summed E-state index contributed by atoms with van der Waals surface area (Å²) in [6.45, 7) is 6.63. The molecule has 4 nitrogen and oxygen atoms in total. The minimum Gasteiger partial charge on any atom is -0.389 e. The van der Waals surface area contributed by atoms with Gasteiger partial charge in [-0.05, 0) is 51.7 Å². The highest BCUT2D eigenvalue weighted by molar-refractivity contribution is 5.76. The van der Waals surface area contributed by atoms with E-state index in [0.29, 0.717) is 12.3 Å². The molecule has 2 heterocycles. The zero-order chi connectivity index (χ0) is 16.4. The number of fused-ring (bicyclic) bond motifs is 1. The number of carbonyl (C=O) groups is 1. The molecule has 1 aromatic rings. The first-order valence-corrected chi connectivity index (χ1v) is 9.12. The minimum atomic E-state index is -0.492. The van der Waals surface area contributed by atoms with Crippen molar-refractivity contribution in [3.05, 3.63) is 23.5 Å². The number of aryl methyl sites for hydroxylation is 2. The smallest absolute Gasteiger partial charge is 0.222 e. The lowest BCUT2D eigenvalue weighted by Crippen LogP contribution is -2.54. The van der Waals surface area contributed by atoms with E-state index < -0.39 is 5.60 Å². The van der Waals surface area contributed by atoms with Crippen molar-refractivity contribution in [2.75, 3.05) is 13.1 Å². The van der Waals surface area contributed by atoms with Crippen molar-refractivity contribution >= 4 is 5.91 Å². The third-order valence-electron chi connectivity index (χ3n) is 5.97. The van der Waals surface area contributed by atoms with Gasteiger partial charge in [-0.1, -0.05) is 12.8 Å². The summed E-state index contributed by atoms with van der Waals surface area (Å²) in [5, 5.41) is 10.7. The molecule has 1 amide bonds. The van der Waals surface area contributed by atoms with Crippen molar-refractivity contribution in [1.29, 1.82) is 0 Å². The Kier molecular flexibility index (Phi) is 4.81. The Morgan fingerprint density at radius 2 is 2.00 bits per heavy atom. The number of hydrogen-bond donors (Lipinski definition) is 1. The Balaban J connectivity index is 1.49. The lowest BCUT2D eigenvalue weighted by atomic mass is 9.71. The topological polar surface area (TPSA) is 45.5 Å². The number of rotatable bonds is 4. The summed E-state index contributed by atoms with van der Waals surface area (Å²) >= 11 is 0. The van der Waals surface area contributed by atoms with Crippen LogP contribution in [0.2, 0.25) is 0 Å². The molecule has 2 fully saturated rings. The number of carbonyl (C=O) groups excluding carboxylic acids is 1. The van der Waals surface area contributed by atoms with Crippen molar-refractivity contribution in [3.8, 4) is 0 Å². The predicted molar refractivity (Wildman–Crippen MR) is 91.2 cm³/mol. The second kappa shape index (κ2) is 6.68. The maximum Gasteiger partial charge on any atom is 0.222 e. The molecule has 1 N–H and O–H groups in total. The van der Waals surface area contributed by atoms with E-state index in [0.717, 1.165) is 51.7 Å². The first-order valence-electron chi connectivity index (χ1n) is 9.12. The molecule has 1 aromatic heterocycles. The van der Waals surface area contributed by atoms with E-state index in [1.54, 1.807) is 0 Å². The third kappa shape index (κ3) is 3.47. The van der Waals surface area contributed by atoms with Crippen LogP contribution in [0.15, 0.2) is 12.1 Å².